The summed E-state index contributed by atoms with van der Waals surface area (Å²) >= 11 is 5.76. The lowest BCUT2D eigenvalue weighted by Crippen LogP contribution is -2.25. The zero-order valence-corrected chi connectivity index (χ0v) is 48.3. The number of nitrogens with zero attached hydrogens (tertiary/aromatic N) is 9. The van der Waals surface area contributed by atoms with Gasteiger partial charge in [-0.1, -0.05) is 87.0 Å². The summed E-state index contributed by atoms with van der Waals surface area (Å²) in [6, 6.07) is 32.6. The molecule has 5 N–H and O–H groups in total. The van der Waals surface area contributed by atoms with Crippen LogP contribution in [0.5, 0.6) is 0 Å². The Morgan fingerprint density at radius 1 is 0.464 bits per heavy atom. The number of hydrogen-bond donors (Lipinski definition) is 4. The molecule has 0 spiro atoms. The second kappa shape index (κ2) is 29.8. The molecule has 0 atom stereocenters. The first kappa shape index (κ1) is 61.8. The van der Waals surface area contributed by atoms with Crippen molar-refractivity contribution < 1.29 is 33.2 Å². The molecule has 0 fully saturated rings. The fourth-order valence-corrected chi connectivity index (χ4v) is 8.54. The van der Waals surface area contributed by atoms with E-state index in [0.29, 0.717) is 85.2 Å². The van der Waals surface area contributed by atoms with Crippen molar-refractivity contribution in [2.75, 3.05) is 41.6 Å². The van der Waals surface area contributed by atoms with Gasteiger partial charge in [-0.15, -0.1) is 0 Å². The minimum absolute atomic E-state index is 0.0444. The van der Waals surface area contributed by atoms with Gasteiger partial charge in [-0.25, -0.2) is 29.9 Å². The molecule has 84 heavy (non-hydrogen) atoms. The maximum Gasteiger partial charge on any atom is 0.269 e. The molecule has 9 rings (SSSR count). The van der Waals surface area contributed by atoms with Crippen molar-refractivity contribution >= 4 is 87.1 Å². The number of nitrogen functional groups attached to an aromatic ring is 1. The Morgan fingerprint density at radius 2 is 0.786 bits per heavy atom. The molecule has 6 heterocycles. The molecule has 0 saturated heterocycles. The maximum atomic E-state index is 12.8. The van der Waals surface area contributed by atoms with Crippen molar-refractivity contribution in [3.63, 3.8) is 0 Å². The molecule has 21 heteroatoms. The van der Waals surface area contributed by atoms with Gasteiger partial charge in [0, 0.05) is 115 Å². The lowest BCUT2D eigenvalue weighted by molar-refractivity contribution is -0.118. The fourth-order valence-electron chi connectivity index (χ4n) is 8.42. The Bertz CT molecular complexity index is 3170. The van der Waals surface area contributed by atoms with Gasteiger partial charge < -0.3 is 36.4 Å². The van der Waals surface area contributed by atoms with Crippen molar-refractivity contribution in [1.29, 1.82) is 0 Å². The summed E-state index contributed by atoms with van der Waals surface area (Å²) in [7, 11) is 5.26. The van der Waals surface area contributed by atoms with Crippen LogP contribution in [0.3, 0.4) is 0 Å². The molecular formula is C63H65ClFN13O6. The standard InChI is InChI=1S/C21H21ClN4O2.C21H21FN4O2.C21H23N5O2/c3*1-3-20(27)26(2)16-7-5-15(6-8-16)17-9-10-18(25-17)21(28)24-13-14-4-11-19(22)23-12-14/h2*4-8,10-12H,3,9,13H2,1-2H3,(H,24,28);4-8,10-12H,3,9,13H2,1-2H3,(H2,22,23)(H,24,28). The molecule has 3 aromatic carbocycles. The topological polar surface area (TPSA) is 250 Å². The van der Waals surface area contributed by atoms with E-state index in [2.05, 4.69) is 45.9 Å². The number of rotatable bonds is 18. The number of aromatic nitrogens is 3. The Balaban J connectivity index is 0.000000181. The molecule has 6 amide bonds. The van der Waals surface area contributed by atoms with E-state index in [1.54, 1.807) is 72.5 Å². The van der Waals surface area contributed by atoms with Gasteiger partial charge in [0.25, 0.3) is 17.7 Å². The normalized spacial score (nSPS) is 13.0. The molecule has 19 nitrogen and oxygen atoms in total. The van der Waals surface area contributed by atoms with Crippen LogP contribution in [-0.4, -0.2) is 88.7 Å². The van der Waals surface area contributed by atoms with E-state index in [1.165, 1.54) is 12.3 Å². The minimum Gasteiger partial charge on any atom is -0.384 e. The summed E-state index contributed by atoms with van der Waals surface area (Å²) in [6.07, 6.45) is 13.1. The van der Waals surface area contributed by atoms with E-state index in [4.69, 9.17) is 17.3 Å². The van der Waals surface area contributed by atoms with Crippen molar-refractivity contribution in [3.8, 4) is 0 Å². The van der Waals surface area contributed by atoms with E-state index in [-0.39, 0.29) is 42.0 Å². The SMILES string of the molecule is CCC(=O)N(C)c1ccc(C2=NC(C(=O)NCc3ccc(Cl)nc3)=CC2)cc1.CCC(=O)N(C)c1ccc(C2=NC(C(=O)NCc3ccc(F)nc3)=CC2)cc1.CCC(=O)N(C)c1ccc(C2=NC(C(=O)NCc3ccc(N)nc3)=CC2)cc1. The van der Waals surface area contributed by atoms with E-state index >= 15 is 0 Å². The Labute approximate surface area is 492 Å². The number of nitrogens with two attached hydrogens (primary N) is 1. The van der Waals surface area contributed by atoms with Crippen LogP contribution >= 0.6 is 11.6 Å². The van der Waals surface area contributed by atoms with Gasteiger partial charge in [0.05, 0.1) is 17.1 Å². The number of allylic oxidation sites excluding steroid dienone is 3. The molecule has 0 unspecified atom stereocenters. The number of benzene rings is 3. The summed E-state index contributed by atoms with van der Waals surface area (Å²) in [5.41, 5.74) is 16.9. The minimum atomic E-state index is -0.556. The third kappa shape index (κ3) is 17.1. The lowest BCUT2D eigenvalue weighted by Gasteiger charge is -2.16. The molecule has 0 radical (unpaired) electrons. The fraction of sp³-hybridized carbons (Fsp3) is 0.238. The van der Waals surface area contributed by atoms with Crippen molar-refractivity contribution in [1.82, 2.24) is 30.9 Å². The van der Waals surface area contributed by atoms with Crippen LogP contribution in [0.4, 0.5) is 27.3 Å². The van der Waals surface area contributed by atoms with Crippen LogP contribution < -0.4 is 36.4 Å². The van der Waals surface area contributed by atoms with Gasteiger partial charge in [0.15, 0.2) is 0 Å². The zero-order valence-electron chi connectivity index (χ0n) is 47.5. The Morgan fingerprint density at radius 3 is 1.07 bits per heavy atom. The molecule has 432 valence electrons. The van der Waals surface area contributed by atoms with Gasteiger partial charge in [-0.05, 0) is 106 Å². The van der Waals surface area contributed by atoms with Crippen LogP contribution in [-0.2, 0) is 48.4 Å². The van der Waals surface area contributed by atoms with Gasteiger partial charge in [0.2, 0.25) is 23.7 Å². The number of amides is 6. The predicted octanol–water partition coefficient (Wildman–Crippen LogP) is 8.92. The van der Waals surface area contributed by atoms with Crippen molar-refractivity contribution in [3.05, 3.63) is 208 Å². The number of nitrogens with one attached hydrogen (secondary N) is 3. The lowest BCUT2D eigenvalue weighted by atomic mass is 10.1. The Kier molecular flexibility index (Phi) is 21.9. The molecule has 0 aliphatic carbocycles. The van der Waals surface area contributed by atoms with Crippen LogP contribution in [0, 0.1) is 5.95 Å². The number of pyridine rings is 3. The van der Waals surface area contributed by atoms with Crippen LogP contribution in [0.1, 0.15) is 92.7 Å². The molecule has 0 saturated carbocycles. The molecule has 0 bridgehead atoms. The second-order valence-electron chi connectivity index (χ2n) is 19.2. The molecule has 3 aliphatic rings. The molecule has 3 aliphatic heterocycles. The second-order valence-corrected chi connectivity index (χ2v) is 19.6. The summed E-state index contributed by atoms with van der Waals surface area (Å²) in [5, 5.41) is 8.84. The van der Waals surface area contributed by atoms with Gasteiger partial charge >= 0.3 is 0 Å². The van der Waals surface area contributed by atoms with Crippen molar-refractivity contribution in [2.45, 2.75) is 78.9 Å². The molecule has 6 aromatic rings. The number of carbonyl (C=O) groups is 6. The van der Waals surface area contributed by atoms with Crippen LogP contribution in [0.25, 0.3) is 0 Å². The monoisotopic (exact) mass is 1150 g/mol. The van der Waals surface area contributed by atoms with E-state index in [0.717, 1.165) is 62.0 Å². The third-order valence-electron chi connectivity index (χ3n) is 13.5. The quantitative estimate of drug-likeness (QED) is 0.0595. The third-order valence-corrected chi connectivity index (χ3v) is 13.7. The van der Waals surface area contributed by atoms with Gasteiger partial charge in [0.1, 0.15) is 28.1 Å². The van der Waals surface area contributed by atoms with E-state index in [1.807, 2.05) is 118 Å². The first-order chi connectivity index (χ1) is 40.4. The summed E-state index contributed by atoms with van der Waals surface area (Å²) in [5.74, 6) is -0.692. The highest BCUT2D eigenvalue weighted by molar-refractivity contribution is 6.29. The first-order valence-corrected chi connectivity index (χ1v) is 27.5. The zero-order chi connectivity index (χ0) is 60.3. The number of aliphatic imine (C=N–C) groups is 3. The predicted molar refractivity (Wildman–Crippen MR) is 326 cm³/mol. The highest BCUT2D eigenvalue weighted by Crippen LogP contribution is 2.24. The summed E-state index contributed by atoms with van der Waals surface area (Å²) in [6.45, 7) is 6.47. The largest absolute Gasteiger partial charge is 0.384 e. The van der Waals surface area contributed by atoms with Gasteiger partial charge in [-0.3, -0.25) is 28.8 Å². The smallest absolute Gasteiger partial charge is 0.269 e. The molecule has 3 aromatic heterocycles. The average molecular weight is 1150 g/mol. The summed E-state index contributed by atoms with van der Waals surface area (Å²) < 4.78 is 12.8. The average Bonchev–Trinajstić information content (AvgIpc) is 4.53. The summed E-state index contributed by atoms with van der Waals surface area (Å²) in [4.78, 5) is 102. The molecular weight excluding hydrogens is 1090 g/mol. The maximum absolute atomic E-state index is 12.8. The number of anilines is 4. The van der Waals surface area contributed by atoms with Crippen LogP contribution in [0.15, 0.2) is 178 Å². The number of halogens is 2. The van der Waals surface area contributed by atoms with Crippen LogP contribution in [0.2, 0.25) is 5.15 Å². The number of hydrogen-bond acceptors (Lipinski definition) is 13. The highest BCUT2D eigenvalue weighted by Gasteiger charge is 2.21. The van der Waals surface area contributed by atoms with Gasteiger partial charge in [-0.2, -0.15) is 4.39 Å². The highest BCUT2D eigenvalue weighted by atomic mass is 35.5. The van der Waals surface area contributed by atoms with E-state index in [9.17, 15) is 33.2 Å². The van der Waals surface area contributed by atoms with E-state index < -0.39 is 5.95 Å². The first-order valence-electron chi connectivity index (χ1n) is 27.1. The van der Waals surface area contributed by atoms with Crippen molar-refractivity contribution in [2.24, 2.45) is 15.0 Å². The Hall–Kier alpha value is -9.82. The number of carbonyl (C=O) groups excluding carboxylic acids is 6.